The van der Waals surface area contributed by atoms with E-state index < -0.39 is 0 Å². The second kappa shape index (κ2) is 5.12. The molecule has 0 aliphatic heterocycles. The Morgan fingerprint density at radius 3 is 2.74 bits per heavy atom. The number of H-pyrrole nitrogens is 1. The summed E-state index contributed by atoms with van der Waals surface area (Å²) in [5.41, 5.74) is 1.86. The van der Waals surface area contributed by atoms with E-state index in [1.54, 1.807) is 24.5 Å². The second-order valence-electron chi connectivity index (χ2n) is 3.87. The number of benzene rings is 1. The van der Waals surface area contributed by atoms with E-state index in [0.717, 1.165) is 11.3 Å². The van der Waals surface area contributed by atoms with Crippen LogP contribution in [0.3, 0.4) is 0 Å². The topological polar surface area (TPSA) is 50.8 Å². The van der Waals surface area contributed by atoms with Crippen molar-refractivity contribution in [2.45, 2.75) is 0 Å². The normalized spacial score (nSPS) is 10.4. The number of imidazole rings is 1. The molecule has 0 unspecified atom stereocenters. The SMILES string of the molecule is Clc1cc(Oc2nc(-c3ccccc3)c[nH]2)ccn1. The van der Waals surface area contributed by atoms with Crippen LogP contribution in [0.15, 0.2) is 54.9 Å². The van der Waals surface area contributed by atoms with Gasteiger partial charge in [-0.25, -0.2) is 4.98 Å². The fraction of sp³-hybridized carbons (Fsp3) is 0. The molecule has 2 aromatic heterocycles. The van der Waals surface area contributed by atoms with Gasteiger partial charge in [0, 0.05) is 24.0 Å². The molecule has 0 radical (unpaired) electrons. The molecule has 0 fully saturated rings. The van der Waals surface area contributed by atoms with Crippen molar-refractivity contribution in [1.82, 2.24) is 15.0 Å². The summed E-state index contributed by atoms with van der Waals surface area (Å²) in [6, 6.07) is 13.6. The molecule has 0 bridgehead atoms. The van der Waals surface area contributed by atoms with E-state index in [9.17, 15) is 0 Å². The third-order valence-corrected chi connectivity index (χ3v) is 2.74. The van der Waals surface area contributed by atoms with Gasteiger partial charge in [0.1, 0.15) is 10.9 Å². The molecule has 19 heavy (non-hydrogen) atoms. The summed E-state index contributed by atoms with van der Waals surface area (Å²) in [4.78, 5) is 11.2. The molecule has 94 valence electrons. The molecule has 3 aromatic rings. The summed E-state index contributed by atoms with van der Waals surface area (Å²) in [7, 11) is 0. The van der Waals surface area contributed by atoms with Crippen LogP contribution in [0.25, 0.3) is 11.3 Å². The number of aromatic amines is 1. The molecule has 5 heteroatoms. The van der Waals surface area contributed by atoms with Gasteiger partial charge in [0.25, 0.3) is 6.01 Å². The highest BCUT2D eigenvalue weighted by Gasteiger charge is 2.05. The Hall–Kier alpha value is -2.33. The van der Waals surface area contributed by atoms with Gasteiger partial charge in [-0.3, -0.25) is 0 Å². The molecule has 0 saturated heterocycles. The maximum absolute atomic E-state index is 5.79. The number of hydrogen-bond donors (Lipinski definition) is 1. The van der Waals surface area contributed by atoms with Crippen molar-refractivity contribution in [3.63, 3.8) is 0 Å². The van der Waals surface area contributed by atoms with Crippen LogP contribution in [0.2, 0.25) is 5.15 Å². The van der Waals surface area contributed by atoms with Gasteiger partial charge < -0.3 is 9.72 Å². The van der Waals surface area contributed by atoms with E-state index in [2.05, 4.69) is 15.0 Å². The maximum atomic E-state index is 5.79. The molecule has 0 saturated carbocycles. The quantitative estimate of drug-likeness (QED) is 0.735. The Labute approximate surface area is 115 Å². The highest BCUT2D eigenvalue weighted by Crippen LogP contribution is 2.23. The van der Waals surface area contributed by atoms with Gasteiger partial charge in [-0.15, -0.1) is 0 Å². The summed E-state index contributed by atoms with van der Waals surface area (Å²) in [5.74, 6) is 0.592. The summed E-state index contributed by atoms with van der Waals surface area (Å²) >= 11 is 5.79. The number of hydrogen-bond acceptors (Lipinski definition) is 3. The van der Waals surface area contributed by atoms with Crippen molar-refractivity contribution in [3.8, 4) is 23.0 Å². The zero-order chi connectivity index (χ0) is 13.1. The van der Waals surface area contributed by atoms with Gasteiger partial charge in [0.05, 0.1) is 5.69 Å². The number of nitrogens with one attached hydrogen (secondary N) is 1. The molecule has 1 aromatic carbocycles. The smallest absolute Gasteiger partial charge is 0.299 e. The standard InChI is InChI=1S/C14H10ClN3O/c15-13-8-11(6-7-16-13)19-14-17-9-12(18-14)10-4-2-1-3-5-10/h1-9H,(H,17,18). The van der Waals surface area contributed by atoms with Gasteiger partial charge in [-0.05, 0) is 6.07 Å². The average Bonchev–Trinajstić information content (AvgIpc) is 2.88. The van der Waals surface area contributed by atoms with Crippen LogP contribution < -0.4 is 4.74 Å². The van der Waals surface area contributed by atoms with Crippen LogP contribution >= 0.6 is 11.6 Å². The van der Waals surface area contributed by atoms with Crippen molar-refractivity contribution < 1.29 is 4.74 Å². The zero-order valence-electron chi connectivity index (χ0n) is 9.88. The monoisotopic (exact) mass is 271 g/mol. The van der Waals surface area contributed by atoms with Crippen LogP contribution in [0.1, 0.15) is 0 Å². The van der Waals surface area contributed by atoms with Gasteiger partial charge in [-0.1, -0.05) is 41.9 Å². The first-order chi connectivity index (χ1) is 9.31. The van der Waals surface area contributed by atoms with Crippen molar-refractivity contribution in [2.24, 2.45) is 0 Å². The first-order valence-corrected chi connectivity index (χ1v) is 6.09. The fourth-order valence-corrected chi connectivity index (χ4v) is 1.84. The lowest BCUT2D eigenvalue weighted by molar-refractivity contribution is 0.447. The van der Waals surface area contributed by atoms with Crippen LogP contribution in [-0.2, 0) is 0 Å². The second-order valence-corrected chi connectivity index (χ2v) is 4.26. The van der Waals surface area contributed by atoms with E-state index in [0.29, 0.717) is 16.9 Å². The summed E-state index contributed by atoms with van der Waals surface area (Å²) in [6.45, 7) is 0. The number of rotatable bonds is 3. The minimum absolute atomic E-state index is 0.382. The lowest BCUT2D eigenvalue weighted by Gasteiger charge is -2.00. The van der Waals surface area contributed by atoms with Gasteiger partial charge >= 0.3 is 0 Å². The molecular formula is C14H10ClN3O. The molecule has 4 nitrogen and oxygen atoms in total. The van der Waals surface area contributed by atoms with Gasteiger partial charge in [-0.2, -0.15) is 4.98 Å². The minimum Gasteiger partial charge on any atom is -0.425 e. The molecule has 0 spiro atoms. The summed E-state index contributed by atoms with van der Waals surface area (Å²) in [6.07, 6.45) is 3.38. The van der Waals surface area contributed by atoms with E-state index in [4.69, 9.17) is 16.3 Å². The molecule has 0 amide bonds. The van der Waals surface area contributed by atoms with Crippen molar-refractivity contribution in [2.75, 3.05) is 0 Å². The van der Waals surface area contributed by atoms with Gasteiger partial charge in [0.2, 0.25) is 0 Å². The third kappa shape index (κ3) is 2.74. The lowest BCUT2D eigenvalue weighted by atomic mass is 10.2. The molecule has 1 N–H and O–H groups in total. The molecule has 0 aliphatic carbocycles. The zero-order valence-corrected chi connectivity index (χ0v) is 10.6. The Kier molecular flexibility index (Phi) is 3.16. The van der Waals surface area contributed by atoms with E-state index in [1.807, 2.05) is 30.3 Å². The first-order valence-electron chi connectivity index (χ1n) is 5.71. The number of ether oxygens (including phenoxy) is 1. The molecular weight excluding hydrogens is 262 g/mol. The van der Waals surface area contributed by atoms with E-state index in [1.165, 1.54) is 0 Å². The van der Waals surface area contributed by atoms with Crippen LogP contribution in [0.5, 0.6) is 11.8 Å². The van der Waals surface area contributed by atoms with Crippen molar-refractivity contribution in [1.29, 1.82) is 0 Å². The third-order valence-electron chi connectivity index (χ3n) is 2.54. The van der Waals surface area contributed by atoms with Crippen molar-refractivity contribution >= 4 is 11.6 Å². The largest absolute Gasteiger partial charge is 0.425 e. The molecule has 3 rings (SSSR count). The highest BCUT2D eigenvalue weighted by molar-refractivity contribution is 6.29. The Morgan fingerprint density at radius 2 is 1.95 bits per heavy atom. The summed E-state index contributed by atoms with van der Waals surface area (Å²) < 4.78 is 5.57. The fourth-order valence-electron chi connectivity index (χ4n) is 1.67. The lowest BCUT2D eigenvalue weighted by Crippen LogP contribution is -1.87. The number of halogens is 1. The van der Waals surface area contributed by atoms with Crippen molar-refractivity contribution in [3.05, 3.63) is 60.0 Å². The van der Waals surface area contributed by atoms with E-state index >= 15 is 0 Å². The molecule has 0 atom stereocenters. The number of aromatic nitrogens is 3. The maximum Gasteiger partial charge on any atom is 0.299 e. The van der Waals surface area contributed by atoms with Crippen LogP contribution in [0, 0.1) is 0 Å². The van der Waals surface area contributed by atoms with Crippen LogP contribution in [-0.4, -0.2) is 15.0 Å². The minimum atomic E-state index is 0.382. The van der Waals surface area contributed by atoms with E-state index in [-0.39, 0.29) is 0 Å². The highest BCUT2D eigenvalue weighted by atomic mass is 35.5. The first kappa shape index (κ1) is 11.7. The summed E-state index contributed by atoms with van der Waals surface area (Å²) in [5, 5.41) is 0.382. The Balaban J connectivity index is 1.82. The number of pyridine rings is 1. The predicted octanol–water partition coefficient (Wildman–Crippen LogP) is 3.92. The van der Waals surface area contributed by atoms with Gasteiger partial charge in [0.15, 0.2) is 0 Å². The Bertz CT molecular complexity index is 682. The predicted molar refractivity (Wildman–Crippen MR) is 73.3 cm³/mol. The average molecular weight is 272 g/mol. The Morgan fingerprint density at radius 1 is 1.11 bits per heavy atom. The molecule has 2 heterocycles. The number of nitrogens with zero attached hydrogens (tertiary/aromatic N) is 2. The molecule has 0 aliphatic rings. The van der Waals surface area contributed by atoms with Crippen LogP contribution in [0.4, 0.5) is 0 Å².